The van der Waals surface area contributed by atoms with Gasteiger partial charge in [0.25, 0.3) is 6.43 Å². The van der Waals surface area contributed by atoms with Gasteiger partial charge in [0.05, 0.1) is 18.0 Å². The summed E-state index contributed by atoms with van der Waals surface area (Å²) in [6.45, 7) is 3.32. The normalized spacial score (nSPS) is 12.4. The third kappa shape index (κ3) is 3.74. The summed E-state index contributed by atoms with van der Waals surface area (Å²) in [6.07, 6.45) is -2.79. The third-order valence-corrected chi connectivity index (χ3v) is 5.06. The molecule has 0 heterocycles. The van der Waals surface area contributed by atoms with Crippen molar-refractivity contribution in [2.75, 3.05) is 19.7 Å². The van der Waals surface area contributed by atoms with Crippen LogP contribution in [0.2, 0.25) is 0 Å². The molecular formula is C13H19F2NO3S. The highest BCUT2D eigenvalue weighted by Crippen LogP contribution is 2.25. The van der Waals surface area contributed by atoms with Crippen LogP contribution in [-0.2, 0) is 10.0 Å². The van der Waals surface area contributed by atoms with E-state index in [0.717, 1.165) is 5.56 Å². The minimum atomic E-state index is -4.04. The van der Waals surface area contributed by atoms with Crippen LogP contribution >= 0.6 is 0 Å². The molecule has 0 spiro atoms. The molecule has 0 saturated heterocycles. The maximum absolute atomic E-state index is 12.5. The number of sulfonamides is 1. The van der Waals surface area contributed by atoms with Gasteiger partial charge in [-0.3, -0.25) is 0 Å². The molecule has 0 saturated carbocycles. The van der Waals surface area contributed by atoms with Crippen molar-refractivity contribution in [1.82, 2.24) is 4.31 Å². The van der Waals surface area contributed by atoms with Crippen LogP contribution in [0.1, 0.15) is 16.7 Å². The molecule has 0 fully saturated rings. The predicted molar refractivity (Wildman–Crippen MR) is 72.5 cm³/mol. The highest BCUT2D eigenvalue weighted by molar-refractivity contribution is 7.89. The molecule has 1 N–H and O–H groups in total. The topological polar surface area (TPSA) is 57.6 Å². The highest BCUT2D eigenvalue weighted by atomic mass is 32.2. The lowest BCUT2D eigenvalue weighted by molar-refractivity contribution is 0.113. The fourth-order valence-corrected chi connectivity index (χ4v) is 4.10. The van der Waals surface area contributed by atoms with Crippen molar-refractivity contribution in [1.29, 1.82) is 0 Å². The van der Waals surface area contributed by atoms with Crippen LogP contribution in [0.4, 0.5) is 8.78 Å². The first kappa shape index (κ1) is 17.0. The maximum Gasteiger partial charge on any atom is 0.252 e. The Bertz CT molecular complexity index is 550. The van der Waals surface area contributed by atoms with Crippen LogP contribution in [0.3, 0.4) is 0 Å². The van der Waals surface area contributed by atoms with Gasteiger partial charge in [-0.05, 0) is 31.9 Å². The predicted octanol–water partition coefficient (Wildman–Crippen LogP) is 1.86. The zero-order valence-electron chi connectivity index (χ0n) is 11.7. The maximum atomic E-state index is 12.5. The first-order valence-electron chi connectivity index (χ1n) is 6.17. The van der Waals surface area contributed by atoms with Gasteiger partial charge in [0.15, 0.2) is 0 Å². The Balaban J connectivity index is 3.33. The molecule has 114 valence electrons. The Morgan fingerprint density at radius 1 is 1.20 bits per heavy atom. The summed E-state index contributed by atoms with van der Waals surface area (Å²) < 4.78 is 50.7. The summed E-state index contributed by atoms with van der Waals surface area (Å²) in [4.78, 5) is 0.0391. The Labute approximate surface area is 118 Å². The molecule has 0 radical (unpaired) electrons. The van der Waals surface area contributed by atoms with Crippen LogP contribution in [0.15, 0.2) is 17.0 Å². The minimum absolute atomic E-state index is 0.0391. The van der Waals surface area contributed by atoms with E-state index < -0.39 is 29.6 Å². The summed E-state index contributed by atoms with van der Waals surface area (Å²) in [7, 11) is -4.04. The molecule has 0 unspecified atom stereocenters. The lowest BCUT2D eigenvalue weighted by atomic mass is 10.1. The molecule has 1 aromatic rings. The van der Waals surface area contributed by atoms with Crippen LogP contribution in [0.25, 0.3) is 0 Å². The van der Waals surface area contributed by atoms with E-state index in [-0.39, 0.29) is 11.4 Å². The molecule has 0 bridgehead atoms. The molecule has 1 aromatic carbocycles. The Kier molecular flexibility index (Phi) is 5.61. The van der Waals surface area contributed by atoms with Crippen molar-refractivity contribution < 1.29 is 22.3 Å². The largest absolute Gasteiger partial charge is 0.395 e. The van der Waals surface area contributed by atoms with Gasteiger partial charge in [0, 0.05) is 6.54 Å². The van der Waals surface area contributed by atoms with E-state index in [1.165, 1.54) is 0 Å². The van der Waals surface area contributed by atoms with E-state index in [1.54, 1.807) is 26.0 Å². The quantitative estimate of drug-likeness (QED) is 0.873. The molecule has 0 aliphatic heterocycles. The van der Waals surface area contributed by atoms with Gasteiger partial charge in [0.2, 0.25) is 10.0 Å². The van der Waals surface area contributed by atoms with Gasteiger partial charge in [0.1, 0.15) is 0 Å². The lowest BCUT2D eigenvalue weighted by Gasteiger charge is -2.23. The third-order valence-electron chi connectivity index (χ3n) is 2.89. The second-order valence-electron chi connectivity index (χ2n) is 4.71. The Hall–Kier alpha value is -1.05. The number of hydrogen-bond donors (Lipinski definition) is 1. The molecule has 1 rings (SSSR count). The monoisotopic (exact) mass is 307 g/mol. The van der Waals surface area contributed by atoms with Gasteiger partial charge in [-0.1, -0.05) is 17.7 Å². The number of halogens is 2. The van der Waals surface area contributed by atoms with E-state index in [9.17, 15) is 17.2 Å². The van der Waals surface area contributed by atoms with Crippen LogP contribution in [0.5, 0.6) is 0 Å². The zero-order chi connectivity index (χ0) is 15.5. The number of rotatable bonds is 6. The molecule has 7 heteroatoms. The second-order valence-corrected chi connectivity index (χ2v) is 6.58. The number of hydrogen-bond acceptors (Lipinski definition) is 3. The van der Waals surface area contributed by atoms with Crippen LogP contribution < -0.4 is 0 Å². The van der Waals surface area contributed by atoms with E-state index in [0.29, 0.717) is 15.4 Å². The van der Waals surface area contributed by atoms with Gasteiger partial charge < -0.3 is 5.11 Å². The minimum Gasteiger partial charge on any atom is -0.395 e. The molecule has 0 aliphatic carbocycles. The van der Waals surface area contributed by atoms with Crippen molar-refractivity contribution in [3.8, 4) is 0 Å². The summed E-state index contributed by atoms with van der Waals surface area (Å²) in [5.41, 5.74) is 1.93. The standard InChI is InChI=1S/C13H19F2NO3S/c1-9-6-10(2)13(11(3)7-9)20(18,19)16(4-5-17)8-12(14)15/h6-7,12,17H,4-5,8H2,1-3H3. The molecule has 0 amide bonds. The van der Waals surface area contributed by atoms with Gasteiger partial charge >= 0.3 is 0 Å². The number of aliphatic hydroxyl groups is 1. The van der Waals surface area contributed by atoms with Gasteiger partial charge in [-0.15, -0.1) is 0 Å². The van der Waals surface area contributed by atoms with E-state index in [2.05, 4.69) is 0 Å². The Morgan fingerprint density at radius 2 is 1.70 bits per heavy atom. The second kappa shape index (κ2) is 6.60. The zero-order valence-corrected chi connectivity index (χ0v) is 12.5. The molecule has 4 nitrogen and oxygen atoms in total. The van der Waals surface area contributed by atoms with Crippen LogP contribution in [-0.4, -0.2) is 44.0 Å². The number of aliphatic hydroxyl groups excluding tert-OH is 1. The van der Waals surface area contributed by atoms with Crippen molar-refractivity contribution in [3.05, 3.63) is 28.8 Å². The van der Waals surface area contributed by atoms with E-state index in [4.69, 9.17) is 5.11 Å². The highest BCUT2D eigenvalue weighted by Gasteiger charge is 2.29. The van der Waals surface area contributed by atoms with Crippen molar-refractivity contribution in [2.45, 2.75) is 32.1 Å². The van der Waals surface area contributed by atoms with Crippen molar-refractivity contribution in [2.24, 2.45) is 0 Å². The molecular weight excluding hydrogens is 288 g/mol. The molecule has 0 atom stereocenters. The summed E-state index contributed by atoms with van der Waals surface area (Å²) in [5, 5.41) is 8.89. The fourth-order valence-electron chi connectivity index (χ4n) is 2.28. The smallest absolute Gasteiger partial charge is 0.252 e. The first-order valence-corrected chi connectivity index (χ1v) is 7.61. The Morgan fingerprint density at radius 3 is 2.10 bits per heavy atom. The van der Waals surface area contributed by atoms with Gasteiger partial charge in [-0.25, -0.2) is 17.2 Å². The molecule has 20 heavy (non-hydrogen) atoms. The fraction of sp³-hybridized carbons (Fsp3) is 0.538. The van der Waals surface area contributed by atoms with Crippen molar-refractivity contribution in [3.63, 3.8) is 0 Å². The molecule has 0 aromatic heterocycles. The SMILES string of the molecule is Cc1cc(C)c(S(=O)(=O)N(CCO)CC(F)F)c(C)c1. The molecule has 0 aliphatic rings. The average molecular weight is 307 g/mol. The number of aryl methyl sites for hydroxylation is 3. The summed E-state index contributed by atoms with van der Waals surface area (Å²) in [5.74, 6) is 0. The van der Waals surface area contributed by atoms with Gasteiger partial charge in [-0.2, -0.15) is 4.31 Å². The average Bonchev–Trinajstić information content (AvgIpc) is 2.25. The number of nitrogens with zero attached hydrogens (tertiary/aromatic N) is 1. The summed E-state index contributed by atoms with van der Waals surface area (Å²) >= 11 is 0. The van der Waals surface area contributed by atoms with E-state index in [1.807, 2.05) is 6.92 Å². The number of benzene rings is 1. The van der Waals surface area contributed by atoms with Crippen molar-refractivity contribution >= 4 is 10.0 Å². The van der Waals surface area contributed by atoms with E-state index >= 15 is 0 Å². The van der Waals surface area contributed by atoms with Crippen LogP contribution in [0, 0.1) is 20.8 Å². The first-order chi connectivity index (χ1) is 9.20. The summed E-state index contributed by atoms with van der Waals surface area (Å²) in [6, 6.07) is 3.39. The number of alkyl halides is 2. The lowest BCUT2D eigenvalue weighted by Crippen LogP contribution is -2.37.